The zero-order valence-electron chi connectivity index (χ0n) is 7.58. The molecular weight excluding hydrogens is 190 g/mol. The molecule has 0 amide bonds. The minimum atomic E-state index is -3.72. The van der Waals surface area contributed by atoms with E-state index in [9.17, 15) is 13.6 Å². The highest BCUT2D eigenvalue weighted by Crippen LogP contribution is 2.32. The summed E-state index contributed by atoms with van der Waals surface area (Å²) in [4.78, 5) is 10.3. The first-order valence-electron chi connectivity index (χ1n) is 4.12. The van der Waals surface area contributed by atoms with Crippen molar-refractivity contribution in [1.82, 2.24) is 0 Å². The smallest absolute Gasteiger partial charge is 0.375 e. The fraction of sp³-hybridized carbons (Fsp3) is 0.300. The van der Waals surface area contributed by atoms with Gasteiger partial charge in [-0.25, -0.2) is 4.79 Å². The van der Waals surface area contributed by atoms with E-state index in [1.54, 1.807) is 18.2 Å². The Bertz CT molecular complexity index is 322. The van der Waals surface area contributed by atoms with Gasteiger partial charge in [-0.2, -0.15) is 8.78 Å². The highest BCUT2D eigenvalue weighted by atomic mass is 19.3. The van der Waals surface area contributed by atoms with E-state index in [4.69, 9.17) is 5.11 Å². The fourth-order valence-electron chi connectivity index (χ4n) is 1.14. The molecule has 0 saturated carbocycles. The molecule has 0 spiro atoms. The molecule has 0 aliphatic heterocycles. The third-order valence-corrected chi connectivity index (χ3v) is 2.13. The molecule has 0 fully saturated rings. The Morgan fingerprint density at radius 3 is 2.29 bits per heavy atom. The minimum absolute atomic E-state index is 0.319. The Labute approximate surface area is 80.2 Å². The van der Waals surface area contributed by atoms with Gasteiger partial charge in [-0.3, -0.25) is 0 Å². The lowest BCUT2D eigenvalue weighted by Crippen LogP contribution is -2.34. The van der Waals surface area contributed by atoms with Crippen molar-refractivity contribution >= 4 is 5.97 Å². The van der Waals surface area contributed by atoms with Crippen LogP contribution >= 0.6 is 0 Å². The van der Waals surface area contributed by atoms with Crippen LogP contribution in [0.2, 0.25) is 0 Å². The number of halogens is 2. The quantitative estimate of drug-likeness (QED) is 0.813. The first-order chi connectivity index (χ1) is 6.46. The number of alkyl halides is 2. The summed E-state index contributed by atoms with van der Waals surface area (Å²) in [5, 5.41) is 8.32. The van der Waals surface area contributed by atoms with Crippen LogP contribution in [0.5, 0.6) is 0 Å². The number of aliphatic carboxylic acids is 1. The average Bonchev–Trinajstić information content (AvgIpc) is 2.17. The molecule has 0 bridgehead atoms. The second-order valence-corrected chi connectivity index (χ2v) is 3.06. The minimum Gasteiger partial charge on any atom is -0.477 e. The molecule has 0 radical (unpaired) electrons. The summed E-state index contributed by atoms with van der Waals surface area (Å²) >= 11 is 0. The van der Waals surface area contributed by atoms with E-state index in [0.29, 0.717) is 5.56 Å². The predicted molar refractivity (Wildman–Crippen MR) is 47.4 cm³/mol. The van der Waals surface area contributed by atoms with Gasteiger partial charge in [0.1, 0.15) is 0 Å². The predicted octanol–water partition coefficient (Wildman–Crippen LogP) is 2.51. The number of carboxylic acids is 1. The number of carbonyl (C=O) groups is 1. The van der Waals surface area contributed by atoms with Gasteiger partial charge in [-0.15, -0.1) is 0 Å². The van der Waals surface area contributed by atoms with E-state index < -0.39 is 17.8 Å². The highest BCUT2D eigenvalue weighted by Gasteiger charge is 2.45. The first-order valence-corrected chi connectivity index (χ1v) is 4.12. The molecule has 1 atom stereocenters. The standard InChI is InChI=1S/C10H10F2O2/c1-7(10(11,12)9(13)14)8-5-3-2-4-6-8/h2-7H,1H3,(H,13,14). The monoisotopic (exact) mass is 200 g/mol. The van der Waals surface area contributed by atoms with Gasteiger partial charge >= 0.3 is 11.9 Å². The Balaban J connectivity index is 2.96. The van der Waals surface area contributed by atoms with E-state index in [-0.39, 0.29) is 0 Å². The van der Waals surface area contributed by atoms with Gasteiger partial charge in [0.25, 0.3) is 0 Å². The summed E-state index contributed by atoms with van der Waals surface area (Å²) in [5.41, 5.74) is 0.319. The molecule has 4 heteroatoms. The number of benzene rings is 1. The van der Waals surface area contributed by atoms with Crippen LogP contribution in [-0.2, 0) is 4.79 Å². The molecule has 0 saturated heterocycles. The third kappa shape index (κ3) is 1.89. The summed E-state index contributed by atoms with van der Waals surface area (Å²) in [7, 11) is 0. The molecular formula is C10H10F2O2. The van der Waals surface area contributed by atoms with E-state index in [0.717, 1.165) is 0 Å². The molecule has 0 aromatic heterocycles. The summed E-state index contributed by atoms with van der Waals surface area (Å²) in [6.45, 7) is 1.20. The van der Waals surface area contributed by atoms with Crippen molar-refractivity contribution < 1.29 is 18.7 Å². The summed E-state index contributed by atoms with van der Waals surface area (Å²) in [6, 6.07) is 7.87. The number of hydrogen-bond donors (Lipinski definition) is 1. The Morgan fingerprint density at radius 2 is 1.86 bits per heavy atom. The fourth-order valence-corrected chi connectivity index (χ4v) is 1.14. The van der Waals surface area contributed by atoms with Gasteiger partial charge in [-0.1, -0.05) is 37.3 Å². The molecule has 1 unspecified atom stereocenters. The third-order valence-electron chi connectivity index (χ3n) is 2.13. The second kappa shape index (κ2) is 3.74. The molecule has 1 N–H and O–H groups in total. The average molecular weight is 200 g/mol. The zero-order chi connectivity index (χ0) is 10.8. The number of carboxylic acid groups (broad SMARTS) is 1. The molecule has 14 heavy (non-hydrogen) atoms. The Kier molecular flexibility index (Phi) is 2.84. The lowest BCUT2D eigenvalue weighted by atomic mass is 9.95. The van der Waals surface area contributed by atoms with Crippen LogP contribution in [0.1, 0.15) is 18.4 Å². The maximum atomic E-state index is 13.0. The van der Waals surface area contributed by atoms with Crippen LogP contribution < -0.4 is 0 Å². The van der Waals surface area contributed by atoms with E-state index in [1.807, 2.05) is 0 Å². The first kappa shape index (κ1) is 10.6. The Morgan fingerprint density at radius 1 is 1.36 bits per heavy atom. The van der Waals surface area contributed by atoms with Crippen molar-refractivity contribution in [3.8, 4) is 0 Å². The molecule has 1 aromatic carbocycles. The van der Waals surface area contributed by atoms with Gasteiger partial charge < -0.3 is 5.11 Å². The van der Waals surface area contributed by atoms with Gasteiger partial charge in [0, 0.05) is 0 Å². The topological polar surface area (TPSA) is 37.3 Å². The lowest BCUT2D eigenvalue weighted by Gasteiger charge is -2.19. The lowest BCUT2D eigenvalue weighted by molar-refractivity contribution is -0.167. The highest BCUT2D eigenvalue weighted by molar-refractivity contribution is 5.76. The van der Waals surface area contributed by atoms with Gasteiger partial charge in [-0.05, 0) is 5.56 Å². The molecule has 2 nitrogen and oxygen atoms in total. The number of rotatable bonds is 3. The number of hydrogen-bond acceptors (Lipinski definition) is 1. The van der Waals surface area contributed by atoms with Crippen LogP contribution in [0.4, 0.5) is 8.78 Å². The molecule has 76 valence electrons. The van der Waals surface area contributed by atoms with E-state index in [2.05, 4.69) is 0 Å². The van der Waals surface area contributed by atoms with Crippen molar-refractivity contribution in [3.05, 3.63) is 35.9 Å². The summed E-state index contributed by atoms with van der Waals surface area (Å²) < 4.78 is 26.1. The van der Waals surface area contributed by atoms with E-state index >= 15 is 0 Å². The van der Waals surface area contributed by atoms with Crippen LogP contribution in [-0.4, -0.2) is 17.0 Å². The van der Waals surface area contributed by atoms with Crippen molar-refractivity contribution in [1.29, 1.82) is 0 Å². The molecule has 0 aliphatic carbocycles. The molecule has 0 heterocycles. The van der Waals surface area contributed by atoms with Crippen LogP contribution in [0.3, 0.4) is 0 Å². The normalized spacial score (nSPS) is 13.6. The van der Waals surface area contributed by atoms with Crippen LogP contribution in [0.15, 0.2) is 30.3 Å². The largest absolute Gasteiger partial charge is 0.477 e. The van der Waals surface area contributed by atoms with Crippen molar-refractivity contribution in [2.75, 3.05) is 0 Å². The van der Waals surface area contributed by atoms with Gasteiger partial charge in [0.15, 0.2) is 0 Å². The molecule has 1 aromatic rings. The summed E-state index contributed by atoms with van der Waals surface area (Å²) in [5.74, 6) is -7.13. The second-order valence-electron chi connectivity index (χ2n) is 3.06. The Hall–Kier alpha value is -1.45. The van der Waals surface area contributed by atoms with Crippen molar-refractivity contribution in [3.63, 3.8) is 0 Å². The van der Waals surface area contributed by atoms with Crippen LogP contribution in [0.25, 0.3) is 0 Å². The van der Waals surface area contributed by atoms with Crippen molar-refractivity contribution in [2.24, 2.45) is 0 Å². The SMILES string of the molecule is CC(c1ccccc1)C(F)(F)C(=O)O. The van der Waals surface area contributed by atoms with Gasteiger partial charge in [0.05, 0.1) is 5.92 Å². The molecule has 0 aliphatic rings. The summed E-state index contributed by atoms with van der Waals surface area (Å²) in [6.07, 6.45) is 0. The maximum absolute atomic E-state index is 13.0. The van der Waals surface area contributed by atoms with Crippen LogP contribution in [0, 0.1) is 0 Å². The van der Waals surface area contributed by atoms with Gasteiger partial charge in [0.2, 0.25) is 0 Å². The molecule has 1 rings (SSSR count). The van der Waals surface area contributed by atoms with Crippen molar-refractivity contribution in [2.45, 2.75) is 18.8 Å². The van der Waals surface area contributed by atoms with E-state index in [1.165, 1.54) is 19.1 Å². The maximum Gasteiger partial charge on any atom is 0.375 e. The zero-order valence-corrected chi connectivity index (χ0v) is 7.58.